The Morgan fingerprint density at radius 3 is 2.44 bits per heavy atom. The number of carbonyl (C=O) groups excluding carboxylic acids is 1. The van der Waals surface area contributed by atoms with Gasteiger partial charge in [-0.15, -0.1) is 0 Å². The summed E-state index contributed by atoms with van der Waals surface area (Å²) >= 11 is 7.62. The van der Waals surface area contributed by atoms with Crippen molar-refractivity contribution in [2.24, 2.45) is 0 Å². The molecule has 0 bridgehead atoms. The van der Waals surface area contributed by atoms with Gasteiger partial charge in [0.2, 0.25) is 0 Å². The fourth-order valence-electron chi connectivity index (χ4n) is 4.53. The summed E-state index contributed by atoms with van der Waals surface area (Å²) in [5.41, 5.74) is 4.27. The molecule has 0 atom stereocenters. The van der Waals surface area contributed by atoms with Gasteiger partial charge in [0.1, 0.15) is 0 Å². The molecule has 2 heterocycles. The summed E-state index contributed by atoms with van der Waals surface area (Å²) < 4.78 is 29.1. The third-order valence-electron chi connectivity index (χ3n) is 6.79. The highest BCUT2D eigenvalue weighted by Crippen LogP contribution is 2.33. The number of rotatable bonds is 8. The van der Waals surface area contributed by atoms with Crippen LogP contribution in [0, 0.1) is 13.8 Å². The molecule has 1 amide bonds. The van der Waals surface area contributed by atoms with E-state index in [1.54, 1.807) is 29.5 Å². The molecule has 0 spiro atoms. The summed E-state index contributed by atoms with van der Waals surface area (Å²) in [5.74, 6) is -0.249. The van der Waals surface area contributed by atoms with Crippen LogP contribution in [0.25, 0.3) is 10.2 Å². The van der Waals surface area contributed by atoms with E-state index in [2.05, 4.69) is 45.8 Å². The number of halogens is 1. The van der Waals surface area contributed by atoms with Crippen LogP contribution >= 0.6 is 22.9 Å². The smallest absolute Gasteiger partial charge is 0.261 e. The van der Waals surface area contributed by atoms with E-state index in [1.165, 1.54) is 46.2 Å². The van der Waals surface area contributed by atoms with Gasteiger partial charge in [-0.05, 0) is 67.4 Å². The maximum Gasteiger partial charge on any atom is 0.261 e. The third kappa shape index (κ3) is 6.36. The number of carbonyl (C=O) groups is 1. The zero-order chi connectivity index (χ0) is 27.6. The van der Waals surface area contributed by atoms with Gasteiger partial charge in [-0.2, -0.15) is 0 Å². The van der Waals surface area contributed by atoms with E-state index < -0.39 is 10.0 Å². The van der Waals surface area contributed by atoms with Crippen molar-refractivity contribution in [3.05, 3.63) is 82.4 Å². The molecular weight excluding hydrogens is 554 g/mol. The molecule has 0 radical (unpaired) electrons. The molecule has 1 fully saturated rings. The highest BCUT2D eigenvalue weighted by Gasteiger charge is 2.21. The van der Waals surface area contributed by atoms with Crippen LogP contribution in [0.1, 0.15) is 21.5 Å². The molecule has 1 saturated heterocycles. The topological polar surface area (TPSA) is 94.6 Å². The number of piperazine rings is 1. The van der Waals surface area contributed by atoms with Crippen LogP contribution < -0.4 is 14.9 Å². The lowest BCUT2D eigenvalue weighted by Gasteiger charge is -2.34. The van der Waals surface area contributed by atoms with Gasteiger partial charge in [-0.3, -0.25) is 14.4 Å². The summed E-state index contributed by atoms with van der Waals surface area (Å²) in [6, 6.07) is 16.6. The van der Waals surface area contributed by atoms with E-state index in [0.29, 0.717) is 22.8 Å². The fraction of sp³-hybridized carbons (Fsp3) is 0.286. The average Bonchev–Trinajstić information content (AvgIpc) is 3.38. The first-order valence-electron chi connectivity index (χ1n) is 12.7. The van der Waals surface area contributed by atoms with Gasteiger partial charge in [-0.25, -0.2) is 13.4 Å². The molecule has 0 aliphatic carbocycles. The molecule has 2 N–H and O–H groups in total. The number of aromatic nitrogens is 1. The lowest BCUT2D eigenvalue weighted by Crippen LogP contribution is -2.48. The van der Waals surface area contributed by atoms with Crippen molar-refractivity contribution in [1.29, 1.82) is 0 Å². The average molecular weight is 584 g/mol. The normalized spacial score (nSPS) is 14.5. The van der Waals surface area contributed by atoms with Crippen LogP contribution in [0.3, 0.4) is 0 Å². The number of aryl methyl sites for hydroxylation is 2. The zero-order valence-corrected chi connectivity index (χ0v) is 24.2. The van der Waals surface area contributed by atoms with E-state index in [0.717, 1.165) is 43.4 Å². The van der Waals surface area contributed by atoms with Crippen molar-refractivity contribution >= 4 is 59.9 Å². The van der Waals surface area contributed by atoms with E-state index in [1.807, 2.05) is 0 Å². The Morgan fingerprint density at radius 2 is 1.72 bits per heavy atom. The molecule has 1 aromatic heterocycles. The maximum atomic E-state index is 12.8. The number of fused-ring (bicyclic) bond motifs is 1. The number of nitrogens with one attached hydrogen (secondary N) is 2. The Bertz CT molecular complexity index is 1560. The minimum absolute atomic E-state index is 0.0928. The Kier molecular flexibility index (Phi) is 8.08. The molecule has 1 aliphatic rings. The number of anilines is 2. The third-order valence-corrected chi connectivity index (χ3v) is 9.69. The number of amides is 1. The predicted molar refractivity (Wildman–Crippen MR) is 159 cm³/mol. The summed E-state index contributed by atoms with van der Waals surface area (Å²) in [6.07, 6.45) is 0. The summed E-state index contributed by atoms with van der Waals surface area (Å²) in [7, 11) is -3.80. The molecule has 11 heteroatoms. The zero-order valence-electron chi connectivity index (χ0n) is 21.8. The van der Waals surface area contributed by atoms with Gasteiger partial charge in [0.15, 0.2) is 5.13 Å². The quantitative estimate of drug-likeness (QED) is 0.306. The van der Waals surface area contributed by atoms with Crippen molar-refractivity contribution in [3.63, 3.8) is 0 Å². The molecule has 4 aromatic rings. The van der Waals surface area contributed by atoms with Gasteiger partial charge in [-0.1, -0.05) is 41.1 Å². The number of hydrogen-bond donors (Lipinski definition) is 2. The molecule has 3 aromatic carbocycles. The number of thiazole rings is 1. The number of sulfonamides is 1. The predicted octanol–water partition coefficient (Wildman–Crippen LogP) is 4.92. The molecule has 0 unspecified atom stereocenters. The second-order valence-corrected chi connectivity index (χ2v) is 12.7. The summed E-state index contributed by atoms with van der Waals surface area (Å²) in [5, 5.41) is 4.47. The Morgan fingerprint density at radius 1 is 1.00 bits per heavy atom. The first-order valence-corrected chi connectivity index (χ1v) is 15.4. The number of benzene rings is 3. The van der Waals surface area contributed by atoms with Gasteiger partial charge < -0.3 is 10.2 Å². The molecule has 0 saturated carbocycles. The van der Waals surface area contributed by atoms with Crippen molar-refractivity contribution < 1.29 is 13.2 Å². The number of nitrogens with zero attached hydrogens (tertiary/aromatic N) is 3. The number of hydrogen-bond acceptors (Lipinski definition) is 7. The van der Waals surface area contributed by atoms with Crippen LogP contribution in [0.2, 0.25) is 5.02 Å². The SMILES string of the molecule is Cc1ccc(C)c2sc(N3CCN(CCNC(=O)c4cccc(NS(=O)(=O)c5ccc(Cl)cc5)c4)CC3)nc12. The molecule has 8 nitrogen and oxygen atoms in total. The summed E-state index contributed by atoms with van der Waals surface area (Å²) in [6.45, 7) is 9.04. The lowest BCUT2D eigenvalue weighted by molar-refractivity contribution is 0.0948. The maximum absolute atomic E-state index is 12.8. The van der Waals surface area contributed by atoms with E-state index in [-0.39, 0.29) is 10.8 Å². The van der Waals surface area contributed by atoms with Crippen molar-refractivity contribution in [2.45, 2.75) is 18.7 Å². The second kappa shape index (κ2) is 11.5. The Hall–Kier alpha value is -3.18. The molecule has 1 aliphatic heterocycles. The van der Waals surface area contributed by atoms with Gasteiger partial charge in [0.25, 0.3) is 15.9 Å². The van der Waals surface area contributed by atoms with Crippen LogP contribution in [-0.4, -0.2) is 63.5 Å². The van der Waals surface area contributed by atoms with Crippen molar-refractivity contribution in [1.82, 2.24) is 15.2 Å². The highest BCUT2D eigenvalue weighted by atomic mass is 35.5. The largest absolute Gasteiger partial charge is 0.351 e. The van der Waals surface area contributed by atoms with Crippen LogP contribution in [0.5, 0.6) is 0 Å². The minimum Gasteiger partial charge on any atom is -0.351 e. The van der Waals surface area contributed by atoms with Crippen molar-refractivity contribution in [3.8, 4) is 0 Å². The standard InChI is InChI=1S/C28H30ClN5O3S2/c1-19-6-7-20(2)26-25(19)31-28(38-26)34-16-14-33(15-17-34)13-12-30-27(35)21-4-3-5-23(18-21)32-39(36,37)24-10-8-22(29)9-11-24/h3-11,18,32H,12-17H2,1-2H3,(H,30,35). The first kappa shape index (κ1) is 27.4. The first-order chi connectivity index (χ1) is 18.7. The second-order valence-electron chi connectivity index (χ2n) is 9.60. The van der Waals surface area contributed by atoms with Crippen LogP contribution in [0.4, 0.5) is 10.8 Å². The summed E-state index contributed by atoms with van der Waals surface area (Å²) in [4.78, 5) is 22.4. The molecule has 39 heavy (non-hydrogen) atoms. The van der Waals surface area contributed by atoms with Crippen molar-refractivity contribution in [2.75, 3.05) is 48.9 Å². The van der Waals surface area contributed by atoms with Gasteiger partial charge in [0.05, 0.1) is 15.1 Å². The van der Waals surface area contributed by atoms with E-state index in [9.17, 15) is 13.2 Å². The molecular formula is C28H30ClN5O3S2. The Labute approximate surface area is 237 Å². The molecule has 5 rings (SSSR count). The fourth-order valence-corrected chi connectivity index (χ4v) is 6.87. The molecule has 204 valence electrons. The van der Waals surface area contributed by atoms with Gasteiger partial charge >= 0.3 is 0 Å². The minimum atomic E-state index is -3.80. The highest BCUT2D eigenvalue weighted by molar-refractivity contribution is 7.92. The Balaban J connectivity index is 1.11. The van der Waals surface area contributed by atoms with Crippen LogP contribution in [-0.2, 0) is 10.0 Å². The van der Waals surface area contributed by atoms with Gasteiger partial charge in [0, 0.05) is 55.5 Å². The van der Waals surface area contributed by atoms with E-state index >= 15 is 0 Å². The lowest BCUT2D eigenvalue weighted by atomic mass is 10.1. The van der Waals surface area contributed by atoms with Crippen LogP contribution in [0.15, 0.2) is 65.6 Å². The van der Waals surface area contributed by atoms with E-state index in [4.69, 9.17) is 16.6 Å². The monoisotopic (exact) mass is 583 g/mol.